The molecule has 0 saturated carbocycles. The molecular weight excluding hydrogens is 286 g/mol. The second-order valence-corrected chi connectivity index (χ2v) is 4.41. The van der Waals surface area contributed by atoms with Gasteiger partial charge in [-0.3, -0.25) is 4.79 Å². The molecule has 1 aromatic carbocycles. The van der Waals surface area contributed by atoms with Crippen LogP contribution < -0.4 is 10.1 Å². The first-order valence-electron chi connectivity index (χ1n) is 5.37. The maximum absolute atomic E-state index is 10.9. The van der Waals surface area contributed by atoms with Gasteiger partial charge in [-0.15, -0.1) is 0 Å². The third-order valence-corrected chi connectivity index (χ3v) is 3.41. The number of hydrogen-bond acceptors (Lipinski definition) is 3. The zero-order chi connectivity index (χ0) is 12.8. The molecule has 0 bridgehead atoms. The molecule has 0 aliphatic rings. The van der Waals surface area contributed by atoms with Crippen LogP contribution in [0.2, 0.25) is 0 Å². The van der Waals surface area contributed by atoms with Gasteiger partial charge in [-0.1, -0.05) is 19.1 Å². The van der Waals surface area contributed by atoms with Crippen molar-refractivity contribution in [2.75, 3.05) is 7.11 Å². The van der Waals surface area contributed by atoms with Gasteiger partial charge in [0.1, 0.15) is 11.8 Å². The van der Waals surface area contributed by atoms with E-state index in [0.717, 1.165) is 15.8 Å². The average molecular weight is 302 g/mol. The fraction of sp³-hybridized carbons (Fsp3) is 0.417. The summed E-state index contributed by atoms with van der Waals surface area (Å²) in [4.78, 5) is 10.9. The lowest BCUT2D eigenvalue weighted by Crippen LogP contribution is -2.35. The average Bonchev–Trinajstić information content (AvgIpc) is 2.31. The summed E-state index contributed by atoms with van der Waals surface area (Å²) >= 11 is 3.44. The molecule has 0 radical (unpaired) electrons. The fourth-order valence-electron chi connectivity index (χ4n) is 1.49. The van der Waals surface area contributed by atoms with E-state index in [1.54, 1.807) is 7.11 Å². The van der Waals surface area contributed by atoms with Crippen molar-refractivity contribution in [3.05, 3.63) is 28.2 Å². The van der Waals surface area contributed by atoms with E-state index in [1.165, 1.54) is 0 Å². The highest BCUT2D eigenvalue weighted by Gasteiger charge is 2.14. The van der Waals surface area contributed by atoms with Crippen LogP contribution in [0.1, 0.15) is 18.9 Å². The van der Waals surface area contributed by atoms with E-state index in [4.69, 9.17) is 9.84 Å². The number of halogens is 1. The Bertz CT molecular complexity index is 395. The van der Waals surface area contributed by atoms with Gasteiger partial charge < -0.3 is 15.2 Å². The van der Waals surface area contributed by atoms with Crippen LogP contribution in [0.25, 0.3) is 0 Å². The third kappa shape index (κ3) is 3.71. The van der Waals surface area contributed by atoms with Gasteiger partial charge in [-0.25, -0.2) is 0 Å². The summed E-state index contributed by atoms with van der Waals surface area (Å²) in [7, 11) is 1.60. The van der Waals surface area contributed by atoms with Crippen molar-refractivity contribution in [2.45, 2.75) is 25.9 Å². The Labute approximate surface area is 109 Å². The van der Waals surface area contributed by atoms with Gasteiger partial charge >= 0.3 is 5.97 Å². The molecule has 0 spiro atoms. The van der Waals surface area contributed by atoms with E-state index in [2.05, 4.69) is 21.2 Å². The van der Waals surface area contributed by atoms with Crippen molar-refractivity contribution >= 4 is 21.9 Å². The summed E-state index contributed by atoms with van der Waals surface area (Å²) in [5, 5.41) is 11.9. The van der Waals surface area contributed by atoms with Gasteiger partial charge in [0.2, 0.25) is 0 Å². The molecule has 0 fully saturated rings. The quantitative estimate of drug-likeness (QED) is 0.847. The summed E-state index contributed by atoms with van der Waals surface area (Å²) in [5.41, 5.74) is 0.976. The van der Waals surface area contributed by atoms with Crippen LogP contribution in [0.3, 0.4) is 0 Å². The van der Waals surface area contributed by atoms with Gasteiger partial charge in [0, 0.05) is 6.54 Å². The first-order chi connectivity index (χ1) is 8.10. The maximum Gasteiger partial charge on any atom is 0.320 e. The number of rotatable bonds is 6. The molecule has 1 aromatic rings. The predicted molar refractivity (Wildman–Crippen MR) is 69.2 cm³/mol. The molecule has 0 aromatic heterocycles. The topological polar surface area (TPSA) is 58.6 Å². The number of ether oxygens (including phenoxy) is 1. The number of carboxylic acid groups (broad SMARTS) is 1. The molecule has 0 heterocycles. The van der Waals surface area contributed by atoms with Gasteiger partial charge in [-0.2, -0.15) is 0 Å². The third-order valence-electron chi connectivity index (χ3n) is 2.51. The lowest BCUT2D eigenvalue weighted by molar-refractivity contribution is -0.139. The molecule has 1 atom stereocenters. The lowest BCUT2D eigenvalue weighted by Gasteiger charge is -2.14. The highest BCUT2D eigenvalue weighted by molar-refractivity contribution is 9.10. The predicted octanol–water partition coefficient (Wildman–Crippen LogP) is 2.41. The molecule has 2 N–H and O–H groups in total. The molecular formula is C12H16BrNO3. The molecule has 0 aliphatic heterocycles. The van der Waals surface area contributed by atoms with Crippen molar-refractivity contribution in [1.82, 2.24) is 5.32 Å². The van der Waals surface area contributed by atoms with Crippen molar-refractivity contribution < 1.29 is 14.6 Å². The van der Waals surface area contributed by atoms with E-state index in [1.807, 2.05) is 25.1 Å². The first-order valence-corrected chi connectivity index (χ1v) is 6.17. The van der Waals surface area contributed by atoms with E-state index < -0.39 is 12.0 Å². The Morgan fingerprint density at radius 2 is 2.29 bits per heavy atom. The Kier molecular flexibility index (Phi) is 5.44. The Balaban J connectivity index is 2.72. The number of benzene rings is 1. The summed E-state index contributed by atoms with van der Waals surface area (Å²) < 4.78 is 6.03. The second kappa shape index (κ2) is 6.61. The zero-order valence-electron chi connectivity index (χ0n) is 9.87. The molecule has 0 aliphatic carbocycles. The Morgan fingerprint density at radius 3 is 2.82 bits per heavy atom. The number of carbonyl (C=O) groups is 1. The Morgan fingerprint density at radius 1 is 1.59 bits per heavy atom. The molecule has 0 amide bonds. The Hall–Kier alpha value is -1.07. The minimum absolute atomic E-state index is 0.489. The second-order valence-electron chi connectivity index (χ2n) is 3.61. The van der Waals surface area contributed by atoms with E-state index >= 15 is 0 Å². The van der Waals surface area contributed by atoms with E-state index in [0.29, 0.717) is 13.0 Å². The highest BCUT2D eigenvalue weighted by Crippen LogP contribution is 2.28. The minimum atomic E-state index is -0.827. The monoisotopic (exact) mass is 301 g/mol. The smallest absolute Gasteiger partial charge is 0.320 e. The van der Waals surface area contributed by atoms with Gasteiger partial charge in [0.15, 0.2) is 0 Å². The number of aliphatic carboxylic acids is 1. The standard InChI is InChI=1S/C12H16BrNO3/c1-3-9(12(15)16)14-7-8-5-4-6-10(17-2)11(8)13/h4-6,9,14H,3,7H2,1-2H3,(H,15,16)/t9-/m1/s1. The molecule has 17 heavy (non-hydrogen) atoms. The van der Waals surface area contributed by atoms with Crippen LogP contribution in [-0.2, 0) is 11.3 Å². The van der Waals surface area contributed by atoms with Crippen LogP contribution in [0.4, 0.5) is 0 Å². The SMILES string of the molecule is CC[C@@H](NCc1cccc(OC)c1Br)C(=O)O. The van der Waals surface area contributed by atoms with E-state index in [9.17, 15) is 4.79 Å². The summed E-state index contributed by atoms with van der Waals surface area (Å²) in [6, 6.07) is 5.13. The van der Waals surface area contributed by atoms with Crippen molar-refractivity contribution in [1.29, 1.82) is 0 Å². The highest BCUT2D eigenvalue weighted by atomic mass is 79.9. The van der Waals surface area contributed by atoms with Gasteiger partial charge in [-0.05, 0) is 34.0 Å². The van der Waals surface area contributed by atoms with Crippen LogP contribution in [-0.4, -0.2) is 24.2 Å². The number of carboxylic acids is 1. The van der Waals surface area contributed by atoms with Crippen molar-refractivity contribution in [3.8, 4) is 5.75 Å². The maximum atomic E-state index is 10.9. The van der Waals surface area contributed by atoms with Crippen LogP contribution >= 0.6 is 15.9 Å². The molecule has 94 valence electrons. The minimum Gasteiger partial charge on any atom is -0.496 e. The number of hydrogen-bond donors (Lipinski definition) is 2. The largest absolute Gasteiger partial charge is 0.496 e. The van der Waals surface area contributed by atoms with Crippen molar-refractivity contribution in [2.24, 2.45) is 0 Å². The van der Waals surface area contributed by atoms with Gasteiger partial charge in [0.25, 0.3) is 0 Å². The molecule has 0 unspecified atom stereocenters. The number of methoxy groups -OCH3 is 1. The molecule has 0 saturated heterocycles. The number of nitrogens with one attached hydrogen (secondary N) is 1. The first kappa shape index (κ1) is 14.0. The molecule has 5 heteroatoms. The molecule has 1 rings (SSSR count). The normalized spacial score (nSPS) is 12.2. The fourth-order valence-corrected chi connectivity index (χ4v) is 2.06. The van der Waals surface area contributed by atoms with Crippen LogP contribution in [0, 0.1) is 0 Å². The summed E-state index contributed by atoms with van der Waals surface area (Å²) in [6.07, 6.45) is 0.553. The zero-order valence-corrected chi connectivity index (χ0v) is 11.5. The van der Waals surface area contributed by atoms with Crippen LogP contribution in [0.15, 0.2) is 22.7 Å². The molecule has 4 nitrogen and oxygen atoms in total. The van der Waals surface area contributed by atoms with Crippen LogP contribution in [0.5, 0.6) is 5.75 Å². The van der Waals surface area contributed by atoms with Crippen molar-refractivity contribution in [3.63, 3.8) is 0 Å². The summed E-state index contributed by atoms with van der Waals surface area (Å²) in [5.74, 6) is -0.0841. The van der Waals surface area contributed by atoms with E-state index in [-0.39, 0.29) is 0 Å². The van der Waals surface area contributed by atoms with Gasteiger partial charge in [0.05, 0.1) is 11.6 Å². The summed E-state index contributed by atoms with van der Waals surface area (Å²) in [6.45, 7) is 2.33. The lowest BCUT2D eigenvalue weighted by atomic mass is 10.2.